The number of para-hydroxylation sites is 1. The van der Waals surface area contributed by atoms with E-state index in [-0.39, 0.29) is 0 Å². The first-order chi connectivity index (χ1) is 12.3. The largest absolute Gasteiger partial charge is 0.493 e. The van der Waals surface area contributed by atoms with Crippen LogP contribution in [0.2, 0.25) is 0 Å². The fourth-order valence-corrected chi connectivity index (χ4v) is 3.33. The van der Waals surface area contributed by atoms with Crippen LogP contribution in [0, 0.1) is 0 Å². The highest BCUT2D eigenvalue weighted by Gasteiger charge is 2.21. The van der Waals surface area contributed by atoms with E-state index in [2.05, 4.69) is 46.2 Å². The molecule has 134 valence electrons. The maximum Gasteiger partial charge on any atom is 0.203 e. The van der Waals surface area contributed by atoms with E-state index in [4.69, 9.17) is 14.2 Å². The zero-order chi connectivity index (χ0) is 17.6. The standard InChI is InChI=1S/C20H26N2O3/c1-23-18-10-9-16(19(24-2)20(18)25-3)15-21-11-13-22(14-12-21)17-7-5-4-6-8-17/h4-10H,11-15H2,1-3H3. The van der Waals surface area contributed by atoms with E-state index < -0.39 is 0 Å². The molecule has 0 unspecified atom stereocenters. The van der Waals surface area contributed by atoms with Crippen molar-refractivity contribution in [3.63, 3.8) is 0 Å². The molecule has 1 heterocycles. The van der Waals surface area contributed by atoms with E-state index in [1.807, 2.05) is 6.07 Å². The lowest BCUT2D eigenvalue weighted by molar-refractivity contribution is 0.244. The summed E-state index contributed by atoms with van der Waals surface area (Å²) >= 11 is 0. The molecule has 0 aliphatic carbocycles. The highest BCUT2D eigenvalue weighted by atomic mass is 16.5. The van der Waals surface area contributed by atoms with Crippen molar-refractivity contribution in [1.29, 1.82) is 0 Å². The van der Waals surface area contributed by atoms with Crippen LogP contribution in [-0.4, -0.2) is 52.4 Å². The van der Waals surface area contributed by atoms with Crippen molar-refractivity contribution in [3.8, 4) is 17.2 Å². The van der Waals surface area contributed by atoms with Gasteiger partial charge in [-0.15, -0.1) is 0 Å². The Labute approximate surface area is 149 Å². The lowest BCUT2D eigenvalue weighted by Crippen LogP contribution is -2.46. The lowest BCUT2D eigenvalue weighted by Gasteiger charge is -2.36. The van der Waals surface area contributed by atoms with Crippen molar-refractivity contribution in [2.24, 2.45) is 0 Å². The molecule has 5 heteroatoms. The van der Waals surface area contributed by atoms with Gasteiger partial charge in [-0.2, -0.15) is 0 Å². The van der Waals surface area contributed by atoms with Gasteiger partial charge < -0.3 is 19.1 Å². The number of anilines is 1. The first-order valence-electron chi connectivity index (χ1n) is 8.57. The number of rotatable bonds is 6. The van der Waals surface area contributed by atoms with Gasteiger partial charge >= 0.3 is 0 Å². The quantitative estimate of drug-likeness (QED) is 0.806. The Kier molecular flexibility index (Phi) is 5.66. The molecule has 0 saturated carbocycles. The van der Waals surface area contributed by atoms with Gasteiger partial charge in [-0.25, -0.2) is 0 Å². The molecule has 1 saturated heterocycles. The van der Waals surface area contributed by atoms with Crippen LogP contribution in [0.1, 0.15) is 5.56 Å². The van der Waals surface area contributed by atoms with Crippen LogP contribution >= 0.6 is 0 Å². The summed E-state index contributed by atoms with van der Waals surface area (Å²) in [6.07, 6.45) is 0. The predicted molar refractivity (Wildman–Crippen MR) is 100 cm³/mol. The summed E-state index contributed by atoms with van der Waals surface area (Å²) in [5.41, 5.74) is 2.42. The smallest absolute Gasteiger partial charge is 0.203 e. The topological polar surface area (TPSA) is 34.2 Å². The molecule has 1 fully saturated rings. The summed E-state index contributed by atoms with van der Waals surface area (Å²) in [6, 6.07) is 14.6. The van der Waals surface area contributed by atoms with Crippen molar-refractivity contribution < 1.29 is 14.2 Å². The van der Waals surface area contributed by atoms with E-state index in [0.717, 1.165) is 44.0 Å². The molecule has 1 aliphatic heterocycles. The Morgan fingerprint density at radius 3 is 2.04 bits per heavy atom. The summed E-state index contributed by atoms with van der Waals surface area (Å²) < 4.78 is 16.4. The van der Waals surface area contributed by atoms with Crippen molar-refractivity contribution in [2.45, 2.75) is 6.54 Å². The highest BCUT2D eigenvalue weighted by molar-refractivity contribution is 5.55. The molecule has 5 nitrogen and oxygen atoms in total. The molecule has 25 heavy (non-hydrogen) atoms. The number of hydrogen-bond acceptors (Lipinski definition) is 5. The molecule has 0 amide bonds. The van der Waals surface area contributed by atoms with E-state index in [1.165, 1.54) is 5.69 Å². The summed E-state index contributed by atoms with van der Waals surface area (Å²) in [5, 5.41) is 0. The monoisotopic (exact) mass is 342 g/mol. The first-order valence-corrected chi connectivity index (χ1v) is 8.57. The Morgan fingerprint density at radius 2 is 1.44 bits per heavy atom. The summed E-state index contributed by atoms with van der Waals surface area (Å²) in [6.45, 7) is 4.93. The summed E-state index contributed by atoms with van der Waals surface area (Å²) in [4.78, 5) is 4.88. The van der Waals surface area contributed by atoms with Crippen LogP contribution in [-0.2, 0) is 6.54 Å². The minimum absolute atomic E-state index is 0.658. The minimum Gasteiger partial charge on any atom is -0.493 e. The molecule has 0 aromatic heterocycles. The zero-order valence-electron chi connectivity index (χ0n) is 15.2. The van der Waals surface area contributed by atoms with Gasteiger partial charge in [-0.3, -0.25) is 4.90 Å². The molecule has 2 aromatic rings. The fraction of sp³-hybridized carbons (Fsp3) is 0.400. The molecule has 0 atom stereocenters. The van der Waals surface area contributed by atoms with Gasteiger partial charge in [0.05, 0.1) is 21.3 Å². The normalized spacial score (nSPS) is 15.1. The SMILES string of the molecule is COc1ccc(CN2CCN(c3ccccc3)CC2)c(OC)c1OC. The Bertz CT molecular complexity index is 683. The third-order valence-electron chi connectivity index (χ3n) is 4.67. The molecular formula is C20H26N2O3. The van der Waals surface area contributed by atoms with E-state index in [0.29, 0.717) is 11.5 Å². The van der Waals surface area contributed by atoms with Gasteiger partial charge in [0.25, 0.3) is 0 Å². The maximum absolute atomic E-state index is 5.60. The molecule has 0 N–H and O–H groups in total. The minimum atomic E-state index is 0.658. The number of methoxy groups -OCH3 is 3. The second-order valence-electron chi connectivity index (χ2n) is 6.09. The van der Waals surface area contributed by atoms with Gasteiger partial charge in [-0.05, 0) is 18.2 Å². The number of piperazine rings is 1. The van der Waals surface area contributed by atoms with Gasteiger partial charge in [0.1, 0.15) is 0 Å². The van der Waals surface area contributed by atoms with Crippen LogP contribution < -0.4 is 19.1 Å². The first kappa shape index (κ1) is 17.4. The van der Waals surface area contributed by atoms with E-state index in [9.17, 15) is 0 Å². The molecular weight excluding hydrogens is 316 g/mol. The lowest BCUT2D eigenvalue weighted by atomic mass is 10.1. The predicted octanol–water partition coefficient (Wildman–Crippen LogP) is 3.03. The number of benzene rings is 2. The average molecular weight is 342 g/mol. The summed E-state index contributed by atoms with van der Waals surface area (Å²) in [5.74, 6) is 2.11. The average Bonchev–Trinajstić information content (AvgIpc) is 2.68. The molecule has 2 aromatic carbocycles. The van der Waals surface area contributed by atoms with Crippen molar-refractivity contribution in [1.82, 2.24) is 4.90 Å². The van der Waals surface area contributed by atoms with Gasteiger partial charge in [0.15, 0.2) is 11.5 Å². The third-order valence-corrected chi connectivity index (χ3v) is 4.67. The Hall–Kier alpha value is -2.40. The van der Waals surface area contributed by atoms with Crippen LogP contribution in [0.5, 0.6) is 17.2 Å². The zero-order valence-corrected chi connectivity index (χ0v) is 15.2. The Balaban J connectivity index is 1.68. The van der Waals surface area contributed by atoms with Crippen molar-refractivity contribution in [2.75, 3.05) is 52.4 Å². The Morgan fingerprint density at radius 1 is 0.760 bits per heavy atom. The highest BCUT2D eigenvalue weighted by Crippen LogP contribution is 2.40. The van der Waals surface area contributed by atoms with E-state index >= 15 is 0 Å². The van der Waals surface area contributed by atoms with Crippen LogP contribution in [0.15, 0.2) is 42.5 Å². The fourth-order valence-electron chi connectivity index (χ4n) is 3.33. The second-order valence-corrected chi connectivity index (χ2v) is 6.09. The van der Waals surface area contributed by atoms with Gasteiger partial charge in [0, 0.05) is 44.0 Å². The number of hydrogen-bond donors (Lipinski definition) is 0. The number of nitrogens with zero attached hydrogens (tertiary/aromatic N) is 2. The van der Waals surface area contributed by atoms with E-state index in [1.54, 1.807) is 21.3 Å². The molecule has 0 radical (unpaired) electrons. The third kappa shape index (κ3) is 3.82. The van der Waals surface area contributed by atoms with Crippen LogP contribution in [0.25, 0.3) is 0 Å². The molecule has 1 aliphatic rings. The van der Waals surface area contributed by atoms with Crippen molar-refractivity contribution >= 4 is 5.69 Å². The van der Waals surface area contributed by atoms with Gasteiger partial charge in [-0.1, -0.05) is 24.3 Å². The van der Waals surface area contributed by atoms with Crippen molar-refractivity contribution in [3.05, 3.63) is 48.0 Å². The molecule has 3 rings (SSSR count). The maximum atomic E-state index is 5.60. The summed E-state index contributed by atoms with van der Waals surface area (Å²) in [7, 11) is 4.96. The number of ether oxygens (including phenoxy) is 3. The second kappa shape index (κ2) is 8.12. The van der Waals surface area contributed by atoms with Gasteiger partial charge in [0.2, 0.25) is 5.75 Å². The van der Waals surface area contributed by atoms with Crippen LogP contribution in [0.4, 0.5) is 5.69 Å². The molecule has 0 spiro atoms. The van der Waals surface area contributed by atoms with Crippen LogP contribution in [0.3, 0.4) is 0 Å². The molecule has 0 bridgehead atoms.